The summed E-state index contributed by atoms with van der Waals surface area (Å²) in [7, 11) is 0. The lowest BCUT2D eigenvalue weighted by molar-refractivity contribution is -0.120. The molecule has 0 saturated carbocycles. The van der Waals surface area contributed by atoms with Crippen molar-refractivity contribution in [3.8, 4) is 10.6 Å². The van der Waals surface area contributed by atoms with E-state index in [0.29, 0.717) is 11.6 Å². The molecule has 5 nitrogen and oxygen atoms in total. The summed E-state index contributed by atoms with van der Waals surface area (Å²) in [4.78, 5) is 16.0. The quantitative estimate of drug-likeness (QED) is 0.653. The van der Waals surface area contributed by atoms with Crippen molar-refractivity contribution in [1.82, 2.24) is 10.2 Å². The number of benzene rings is 1. The summed E-state index contributed by atoms with van der Waals surface area (Å²) in [6.45, 7) is 3.46. The Hall–Kier alpha value is -2.44. The Morgan fingerprint density at radius 3 is 2.86 bits per heavy atom. The van der Waals surface area contributed by atoms with E-state index in [-0.39, 0.29) is 11.8 Å². The van der Waals surface area contributed by atoms with Crippen molar-refractivity contribution in [3.05, 3.63) is 58.4 Å². The highest BCUT2D eigenvalue weighted by atomic mass is 35.5. The van der Waals surface area contributed by atoms with Crippen LogP contribution in [-0.4, -0.2) is 29.2 Å². The summed E-state index contributed by atoms with van der Waals surface area (Å²) in [5.74, 6) is 0.747. The maximum Gasteiger partial charge on any atom is 0.229 e. The molecular weight excluding hydrogens is 392 g/mol. The van der Waals surface area contributed by atoms with Gasteiger partial charge in [0, 0.05) is 23.8 Å². The molecule has 0 spiro atoms. The van der Waals surface area contributed by atoms with Crippen LogP contribution in [0.5, 0.6) is 0 Å². The minimum Gasteiger partial charge on any atom is -0.354 e. The van der Waals surface area contributed by atoms with Crippen LogP contribution in [0.3, 0.4) is 0 Å². The lowest BCUT2D eigenvalue weighted by Crippen LogP contribution is -2.41. The minimum absolute atomic E-state index is 0.0211. The number of hydrogen-bond acceptors (Lipinski definition) is 5. The molecule has 4 rings (SSSR count). The van der Waals surface area contributed by atoms with Gasteiger partial charge in [-0.3, -0.25) is 4.79 Å². The third kappa shape index (κ3) is 4.18. The highest BCUT2D eigenvalue weighted by molar-refractivity contribution is 7.13. The van der Waals surface area contributed by atoms with Gasteiger partial charge in [0.05, 0.1) is 10.8 Å². The van der Waals surface area contributed by atoms with E-state index >= 15 is 0 Å². The largest absolute Gasteiger partial charge is 0.354 e. The van der Waals surface area contributed by atoms with Gasteiger partial charge in [-0.25, -0.2) is 0 Å². The number of carbonyl (C=O) groups is 1. The summed E-state index contributed by atoms with van der Waals surface area (Å²) in [5, 5.41) is 14.4. The Balaban J connectivity index is 1.42. The molecule has 1 N–H and O–H groups in total. The van der Waals surface area contributed by atoms with E-state index in [1.165, 1.54) is 0 Å². The maximum absolute atomic E-state index is 12.7. The summed E-state index contributed by atoms with van der Waals surface area (Å²) in [6.07, 6.45) is 1.81. The number of rotatable bonds is 4. The molecule has 2 aromatic heterocycles. The van der Waals surface area contributed by atoms with Gasteiger partial charge < -0.3 is 10.2 Å². The first-order chi connectivity index (χ1) is 13.6. The second kappa shape index (κ2) is 8.29. The Morgan fingerprint density at radius 1 is 1.25 bits per heavy atom. The van der Waals surface area contributed by atoms with Crippen molar-refractivity contribution >= 4 is 40.4 Å². The van der Waals surface area contributed by atoms with Crippen molar-refractivity contribution in [2.45, 2.75) is 19.8 Å². The minimum atomic E-state index is -0.0902. The summed E-state index contributed by atoms with van der Waals surface area (Å²) < 4.78 is 0. The van der Waals surface area contributed by atoms with E-state index in [1.807, 2.05) is 48.7 Å². The normalized spacial score (nSPS) is 16.8. The summed E-state index contributed by atoms with van der Waals surface area (Å²) in [6, 6.07) is 13.6. The molecule has 1 saturated heterocycles. The third-order valence-corrected chi connectivity index (χ3v) is 6.28. The number of halogens is 1. The van der Waals surface area contributed by atoms with Gasteiger partial charge in [-0.1, -0.05) is 23.7 Å². The first kappa shape index (κ1) is 18.9. The zero-order chi connectivity index (χ0) is 19.5. The van der Waals surface area contributed by atoms with Crippen LogP contribution in [0.1, 0.15) is 18.4 Å². The maximum atomic E-state index is 12.7. The summed E-state index contributed by atoms with van der Waals surface area (Å²) in [5.41, 5.74) is 2.60. The number of amides is 1. The molecule has 1 aliphatic rings. The molecule has 144 valence electrons. The number of nitrogens with zero attached hydrogens (tertiary/aromatic N) is 3. The Morgan fingerprint density at radius 2 is 2.14 bits per heavy atom. The van der Waals surface area contributed by atoms with E-state index in [2.05, 4.69) is 20.4 Å². The molecule has 7 heteroatoms. The number of anilines is 2. The van der Waals surface area contributed by atoms with Crippen molar-refractivity contribution in [2.75, 3.05) is 23.3 Å². The molecule has 28 heavy (non-hydrogen) atoms. The Labute approximate surface area is 173 Å². The van der Waals surface area contributed by atoms with Gasteiger partial charge in [-0.15, -0.1) is 21.5 Å². The van der Waals surface area contributed by atoms with Gasteiger partial charge in [-0.2, -0.15) is 0 Å². The van der Waals surface area contributed by atoms with Crippen molar-refractivity contribution in [2.24, 2.45) is 5.92 Å². The van der Waals surface area contributed by atoms with Crippen molar-refractivity contribution in [1.29, 1.82) is 0 Å². The molecule has 1 aliphatic heterocycles. The number of thiophene rings is 1. The zero-order valence-corrected chi connectivity index (χ0v) is 17.1. The average molecular weight is 413 g/mol. The van der Waals surface area contributed by atoms with E-state index in [0.717, 1.165) is 47.0 Å². The first-order valence-corrected chi connectivity index (χ1v) is 10.6. The molecule has 0 bridgehead atoms. The average Bonchev–Trinajstić information content (AvgIpc) is 3.26. The van der Waals surface area contributed by atoms with Crippen LogP contribution in [-0.2, 0) is 4.79 Å². The monoisotopic (exact) mass is 412 g/mol. The van der Waals surface area contributed by atoms with E-state index < -0.39 is 0 Å². The SMILES string of the molecule is Cc1ccc(NC(=O)C2CCCN(c3ccc(-c4cccs4)nn3)C2)cc1Cl. The predicted molar refractivity (Wildman–Crippen MR) is 115 cm³/mol. The number of nitrogens with one attached hydrogen (secondary N) is 1. The van der Waals surface area contributed by atoms with E-state index in [4.69, 9.17) is 11.6 Å². The Kier molecular flexibility index (Phi) is 5.59. The fourth-order valence-electron chi connectivity index (χ4n) is 3.36. The standard InChI is InChI=1S/C21H21ClN4OS/c1-14-6-7-16(12-17(14)22)23-21(27)15-4-2-10-26(13-15)20-9-8-18(24-25-20)19-5-3-11-28-19/h3,5-9,11-12,15H,2,4,10,13H2,1H3,(H,23,27). The lowest BCUT2D eigenvalue weighted by Gasteiger charge is -2.32. The molecule has 1 fully saturated rings. The van der Waals surface area contributed by atoms with Gasteiger partial charge in [0.15, 0.2) is 5.82 Å². The van der Waals surface area contributed by atoms with Crippen LogP contribution in [0.25, 0.3) is 10.6 Å². The fourth-order valence-corrected chi connectivity index (χ4v) is 4.23. The van der Waals surface area contributed by atoms with Crippen LogP contribution in [0, 0.1) is 12.8 Å². The van der Waals surface area contributed by atoms with Crippen LogP contribution in [0.4, 0.5) is 11.5 Å². The molecular formula is C21H21ClN4OS. The van der Waals surface area contributed by atoms with Crippen LogP contribution in [0.2, 0.25) is 5.02 Å². The van der Waals surface area contributed by atoms with Crippen LogP contribution < -0.4 is 10.2 Å². The molecule has 1 aromatic carbocycles. The predicted octanol–water partition coefficient (Wildman–Crippen LogP) is 5.02. The highest BCUT2D eigenvalue weighted by Crippen LogP contribution is 2.26. The second-order valence-corrected chi connectivity index (χ2v) is 8.35. The summed E-state index contributed by atoms with van der Waals surface area (Å²) >= 11 is 7.81. The molecule has 1 atom stereocenters. The molecule has 0 aliphatic carbocycles. The second-order valence-electron chi connectivity index (χ2n) is 6.99. The van der Waals surface area contributed by atoms with Gasteiger partial charge in [0.25, 0.3) is 0 Å². The molecule has 3 heterocycles. The van der Waals surface area contributed by atoms with Gasteiger partial charge >= 0.3 is 0 Å². The number of piperidine rings is 1. The van der Waals surface area contributed by atoms with Crippen LogP contribution in [0.15, 0.2) is 47.8 Å². The number of aryl methyl sites for hydroxylation is 1. The Bertz CT molecular complexity index is 959. The first-order valence-electron chi connectivity index (χ1n) is 9.30. The number of hydrogen-bond donors (Lipinski definition) is 1. The zero-order valence-electron chi connectivity index (χ0n) is 15.6. The van der Waals surface area contributed by atoms with Gasteiger partial charge in [0.1, 0.15) is 5.69 Å². The van der Waals surface area contributed by atoms with Crippen LogP contribution >= 0.6 is 22.9 Å². The number of carbonyl (C=O) groups excluding carboxylic acids is 1. The van der Waals surface area contributed by atoms with E-state index in [1.54, 1.807) is 17.4 Å². The topological polar surface area (TPSA) is 58.1 Å². The van der Waals surface area contributed by atoms with Crippen molar-refractivity contribution in [3.63, 3.8) is 0 Å². The molecule has 1 unspecified atom stereocenters. The fraction of sp³-hybridized carbons (Fsp3) is 0.286. The smallest absolute Gasteiger partial charge is 0.229 e. The van der Waals surface area contributed by atoms with E-state index in [9.17, 15) is 4.79 Å². The highest BCUT2D eigenvalue weighted by Gasteiger charge is 2.27. The van der Waals surface area contributed by atoms with Gasteiger partial charge in [-0.05, 0) is 61.0 Å². The molecule has 3 aromatic rings. The number of aromatic nitrogens is 2. The van der Waals surface area contributed by atoms with Gasteiger partial charge in [0.2, 0.25) is 5.91 Å². The third-order valence-electron chi connectivity index (χ3n) is 4.98. The molecule has 1 amide bonds. The molecule has 0 radical (unpaired) electrons. The lowest BCUT2D eigenvalue weighted by atomic mass is 9.97. The van der Waals surface area contributed by atoms with Crippen molar-refractivity contribution < 1.29 is 4.79 Å².